The number of nitrogens with zero attached hydrogens (tertiary/aromatic N) is 7. The smallest absolute Gasteiger partial charge is 0.205 e. The Hall–Kier alpha value is -5.11. The van der Waals surface area contributed by atoms with Crippen molar-refractivity contribution in [2.24, 2.45) is 0 Å². The minimum Gasteiger partial charge on any atom is -0.324 e. The summed E-state index contributed by atoms with van der Waals surface area (Å²) in [6.07, 6.45) is 6.72. The average molecular weight is 609 g/mol. The van der Waals surface area contributed by atoms with Crippen LogP contribution in [0.25, 0.3) is 56.0 Å². The van der Waals surface area contributed by atoms with Crippen molar-refractivity contribution in [1.29, 1.82) is 0 Å². The maximum atomic E-state index is 5.22. The molecule has 8 nitrogen and oxygen atoms in total. The second-order valence-electron chi connectivity index (χ2n) is 12.1. The lowest BCUT2D eigenvalue weighted by atomic mass is 9.98. The van der Waals surface area contributed by atoms with Gasteiger partial charge in [0.2, 0.25) is 5.82 Å². The van der Waals surface area contributed by atoms with Gasteiger partial charge in [0.15, 0.2) is 0 Å². The van der Waals surface area contributed by atoms with Crippen LogP contribution >= 0.6 is 0 Å². The number of aryl methyl sites for hydroxylation is 3. The molecular formula is C38H40N8. The molecule has 0 fully saturated rings. The van der Waals surface area contributed by atoms with Gasteiger partial charge in [0.05, 0.1) is 22.1 Å². The van der Waals surface area contributed by atoms with Gasteiger partial charge in [-0.05, 0) is 71.5 Å². The number of rotatable bonds is 12. The fourth-order valence-corrected chi connectivity index (χ4v) is 6.49. The maximum absolute atomic E-state index is 5.22. The first-order valence-corrected chi connectivity index (χ1v) is 16.5. The van der Waals surface area contributed by atoms with Crippen molar-refractivity contribution in [2.75, 3.05) is 0 Å². The largest absolute Gasteiger partial charge is 0.324 e. The zero-order chi connectivity index (χ0) is 31.5. The van der Waals surface area contributed by atoms with E-state index in [0.717, 1.165) is 83.7 Å². The van der Waals surface area contributed by atoms with Crippen LogP contribution in [0, 0.1) is 6.92 Å². The van der Waals surface area contributed by atoms with Crippen LogP contribution in [-0.4, -0.2) is 39.7 Å². The van der Waals surface area contributed by atoms with Gasteiger partial charge < -0.3 is 9.13 Å². The molecule has 0 aliphatic heterocycles. The monoisotopic (exact) mass is 608 g/mol. The second kappa shape index (κ2) is 13.1. The number of hydrogen-bond acceptors (Lipinski definition) is 5. The lowest BCUT2D eigenvalue weighted by Gasteiger charge is -2.13. The lowest BCUT2D eigenvalue weighted by Crippen LogP contribution is -2.06. The summed E-state index contributed by atoms with van der Waals surface area (Å²) in [7, 11) is 0. The first kappa shape index (κ1) is 29.6. The minimum atomic E-state index is 0.593. The molecule has 0 spiro atoms. The van der Waals surface area contributed by atoms with E-state index in [2.05, 4.69) is 117 Å². The molecule has 232 valence electrons. The Bertz CT molecular complexity index is 2080. The van der Waals surface area contributed by atoms with E-state index in [1.165, 1.54) is 35.0 Å². The van der Waals surface area contributed by atoms with Gasteiger partial charge in [-0.25, -0.2) is 9.97 Å². The molecule has 8 heteroatoms. The van der Waals surface area contributed by atoms with Crippen molar-refractivity contribution in [3.05, 3.63) is 102 Å². The Morgan fingerprint density at radius 1 is 0.717 bits per heavy atom. The summed E-state index contributed by atoms with van der Waals surface area (Å²) in [5.41, 5.74) is 11.2. The number of tetrazole rings is 1. The first-order chi connectivity index (χ1) is 22.6. The summed E-state index contributed by atoms with van der Waals surface area (Å²) in [6.45, 7) is 8.39. The number of fused-ring (bicyclic) bond motifs is 2. The summed E-state index contributed by atoms with van der Waals surface area (Å²) < 4.78 is 4.84. The molecule has 0 unspecified atom stereocenters. The van der Waals surface area contributed by atoms with E-state index in [9.17, 15) is 0 Å². The summed E-state index contributed by atoms with van der Waals surface area (Å²) in [6, 6.07) is 30.1. The number of aromatic amines is 1. The number of hydrogen-bond donors (Lipinski definition) is 1. The summed E-state index contributed by atoms with van der Waals surface area (Å²) in [5, 5.41) is 14.8. The molecule has 7 aromatic rings. The van der Waals surface area contributed by atoms with Gasteiger partial charge in [-0.2, -0.15) is 5.21 Å². The Morgan fingerprint density at radius 2 is 1.50 bits per heavy atom. The lowest BCUT2D eigenvalue weighted by molar-refractivity contribution is 0.617. The van der Waals surface area contributed by atoms with E-state index in [4.69, 9.17) is 9.97 Å². The van der Waals surface area contributed by atoms with E-state index in [1.54, 1.807) is 0 Å². The van der Waals surface area contributed by atoms with Gasteiger partial charge in [0, 0.05) is 30.6 Å². The Morgan fingerprint density at radius 3 is 2.28 bits per heavy atom. The van der Waals surface area contributed by atoms with Crippen LogP contribution in [-0.2, 0) is 19.5 Å². The van der Waals surface area contributed by atoms with Crippen molar-refractivity contribution in [1.82, 2.24) is 39.7 Å². The normalized spacial score (nSPS) is 11.6. The molecule has 0 atom stereocenters. The van der Waals surface area contributed by atoms with E-state index in [0.29, 0.717) is 5.82 Å². The molecule has 0 aliphatic carbocycles. The third kappa shape index (κ3) is 5.71. The third-order valence-electron chi connectivity index (χ3n) is 8.89. The summed E-state index contributed by atoms with van der Waals surface area (Å²) in [5.74, 6) is 2.77. The molecule has 3 heterocycles. The standard InChI is InChI=1S/C38H40N8/c1-4-6-12-22-45-33-16-11-10-15-32(33)39-38(45)29-23-26(3)36-34(24-29)46(35(40-36)17-7-5-2)25-27-18-20-28(21-19-27)30-13-8-9-14-31(30)37-41-43-44-42-37/h8-11,13-16,18-21,23-24H,4-7,12,17,22,25H2,1-3H3,(H,41,42,43,44). The van der Waals surface area contributed by atoms with Crippen LogP contribution in [0.2, 0.25) is 0 Å². The molecular weight excluding hydrogens is 568 g/mol. The van der Waals surface area contributed by atoms with Crippen molar-refractivity contribution < 1.29 is 0 Å². The quantitative estimate of drug-likeness (QED) is 0.140. The summed E-state index contributed by atoms with van der Waals surface area (Å²) >= 11 is 0. The van der Waals surface area contributed by atoms with Crippen LogP contribution < -0.4 is 0 Å². The predicted molar refractivity (Wildman–Crippen MR) is 185 cm³/mol. The molecule has 0 aliphatic rings. The maximum Gasteiger partial charge on any atom is 0.205 e. The predicted octanol–water partition coefficient (Wildman–Crippen LogP) is 8.79. The number of para-hydroxylation sites is 2. The minimum absolute atomic E-state index is 0.593. The first-order valence-electron chi connectivity index (χ1n) is 16.5. The molecule has 1 N–H and O–H groups in total. The fourth-order valence-electron chi connectivity index (χ4n) is 6.49. The highest BCUT2D eigenvalue weighted by molar-refractivity contribution is 5.87. The summed E-state index contributed by atoms with van der Waals surface area (Å²) in [4.78, 5) is 10.4. The molecule has 3 aromatic heterocycles. The van der Waals surface area contributed by atoms with Crippen LogP contribution in [0.1, 0.15) is 62.9 Å². The van der Waals surface area contributed by atoms with Gasteiger partial charge in [-0.15, -0.1) is 10.2 Å². The Labute approximate surface area is 269 Å². The fraction of sp³-hybridized carbons (Fsp3) is 0.289. The van der Waals surface area contributed by atoms with Gasteiger partial charge in [-0.3, -0.25) is 0 Å². The van der Waals surface area contributed by atoms with Gasteiger partial charge >= 0.3 is 0 Å². The Kier molecular flexibility index (Phi) is 8.42. The van der Waals surface area contributed by atoms with Crippen LogP contribution in [0.5, 0.6) is 0 Å². The number of benzene rings is 4. The van der Waals surface area contributed by atoms with Crippen LogP contribution in [0.4, 0.5) is 0 Å². The highest BCUT2D eigenvalue weighted by Gasteiger charge is 2.19. The van der Waals surface area contributed by atoms with E-state index < -0.39 is 0 Å². The zero-order valence-electron chi connectivity index (χ0n) is 26.9. The van der Waals surface area contributed by atoms with E-state index >= 15 is 0 Å². The van der Waals surface area contributed by atoms with E-state index in [-0.39, 0.29) is 0 Å². The molecule has 4 aromatic carbocycles. The van der Waals surface area contributed by atoms with E-state index in [1.807, 2.05) is 18.2 Å². The molecule has 0 saturated heterocycles. The topological polar surface area (TPSA) is 90.1 Å². The van der Waals surface area contributed by atoms with Gasteiger partial charge in [0.25, 0.3) is 0 Å². The van der Waals surface area contributed by atoms with Crippen molar-refractivity contribution in [3.8, 4) is 33.9 Å². The molecule has 7 rings (SSSR count). The van der Waals surface area contributed by atoms with Crippen LogP contribution in [0.15, 0.2) is 84.9 Å². The number of H-pyrrole nitrogens is 1. The molecule has 0 radical (unpaired) electrons. The van der Waals surface area contributed by atoms with Crippen molar-refractivity contribution >= 4 is 22.1 Å². The zero-order valence-corrected chi connectivity index (χ0v) is 26.9. The van der Waals surface area contributed by atoms with Gasteiger partial charge in [0.1, 0.15) is 11.6 Å². The van der Waals surface area contributed by atoms with Crippen molar-refractivity contribution in [3.63, 3.8) is 0 Å². The molecule has 0 bridgehead atoms. The highest BCUT2D eigenvalue weighted by Crippen LogP contribution is 2.33. The number of nitrogens with one attached hydrogen (secondary N) is 1. The van der Waals surface area contributed by atoms with Gasteiger partial charge in [-0.1, -0.05) is 93.8 Å². The second-order valence-corrected chi connectivity index (χ2v) is 12.1. The Balaban J connectivity index is 1.28. The molecule has 0 amide bonds. The number of aromatic nitrogens is 8. The number of unbranched alkanes of at least 4 members (excludes halogenated alkanes) is 3. The highest BCUT2D eigenvalue weighted by atomic mass is 15.5. The van der Waals surface area contributed by atoms with Crippen molar-refractivity contribution in [2.45, 2.75) is 72.4 Å². The molecule has 0 saturated carbocycles. The third-order valence-corrected chi connectivity index (χ3v) is 8.89. The molecule has 46 heavy (non-hydrogen) atoms. The number of imidazole rings is 2. The SMILES string of the molecule is CCCCCn1c(-c2cc(C)c3nc(CCCC)n(Cc4ccc(-c5ccccc5-c5nn[nH]n5)cc4)c3c2)nc2ccccc21. The average Bonchev–Trinajstić information content (AvgIpc) is 3.83. The van der Waals surface area contributed by atoms with Crippen LogP contribution in [0.3, 0.4) is 0 Å².